The summed E-state index contributed by atoms with van der Waals surface area (Å²) in [7, 11) is -2.57. The van der Waals surface area contributed by atoms with E-state index in [0.29, 0.717) is 26.2 Å². The van der Waals surface area contributed by atoms with Crippen LogP contribution in [0.15, 0.2) is 39.3 Å². The minimum Gasteiger partial charge on any atom is -0.508 e. The number of aromatic hydroxyl groups is 1. The largest absolute Gasteiger partial charge is 0.511 e. The van der Waals surface area contributed by atoms with Crippen molar-refractivity contribution >= 4 is 57.2 Å². The first kappa shape index (κ1) is 28.7. The Bertz CT molecular complexity index is 1030. The van der Waals surface area contributed by atoms with Crippen molar-refractivity contribution in [2.45, 2.75) is 32.3 Å². The molecule has 1 N–H and O–H groups in total. The van der Waals surface area contributed by atoms with E-state index in [1.165, 1.54) is 14.0 Å². The summed E-state index contributed by atoms with van der Waals surface area (Å²) in [5.41, 5.74) is -0.130. The topological polar surface area (TPSA) is 110 Å². The standard InChI is InChI=1S/C21H24Br2ClO9P/c1-12(2)16-7-14(5-6-19(16)25)33-20-17(22)8-15(9-18(20)23)30-11-34(27,28-4)31-10-29-21(26)32-13(3)24/h5-9,12-13,25H,10-11H2,1-4H3. The molecule has 2 aromatic rings. The third-order valence-electron chi connectivity index (χ3n) is 4.17. The van der Waals surface area contributed by atoms with Gasteiger partial charge in [-0.25, -0.2) is 4.79 Å². The minimum atomic E-state index is -3.75. The molecule has 0 spiro atoms. The molecule has 13 heteroatoms. The molecule has 0 fully saturated rings. The highest BCUT2D eigenvalue weighted by Gasteiger charge is 2.26. The first-order valence-electron chi connectivity index (χ1n) is 9.83. The predicted octanol–water partition coefficient (Wildman–Crippen LogP) is 7.72. The van der Waals surface area contributed by atoms with E-state index in [9.17, 15) is 14.5 Å². The van der Waals surface area contributed by atoms with Crippen LogP contribution in [-0.4, -0.2) is 37.1 Å². The number of phenolic OH excluding ortho intramolecular Hbond substituents is 1. The molecule has 0 saturated heterocycles. The van der Waals surface area contributed by atoms with Crippen molar-refractivity contribution in [1.29, 1.82) is 0 Å². The van der Waals surface area contributed by atoms with E-state index in [1.54, 1.807) is 30.3 Å². The summed E-state index contributed by atoms with van der Waals surface area (Å²) in [6, 6.07) is 8.22. The fourth-order valence-electron chi connectivity index (χ4n) is 2.51. The zero-order chi connectivity index (χ0) is 25.5. The minimum absolute atomic E-state index is 0.116. The second-order valence-electron chi connectivity index (χ2n) is 7.06. The average molecular weight is 647 g/mol. The van der Waals surface area contributed by atoms with E-state index in [1.807, 2.05) is 13.8 Å². The van der Waals surface area contributed by atoms with Crippen molar-refractivity contribution in [3.05, 3.63) is 44.8 Å². The first-order chi connectivity index (χ1) is 15.9. The third kappa shape index (κ3) is 8.62. The number of halogens is 3. The summed E-state index contributed by atoms with van der Waals surface area (Å²) in [6.45, 7) is 4.69. The van der Waals surface area contributed by atoms with Gasteiger partial charge >= 0.3 is 13.8 Å². The Labute approximate surface area is 219 Å². The van der Waals surface area contributed by atoms with Gasteiger partial charge in [-0.15, -0.1) is 0 Å². The zero-order valence-electron chi connectivity index (χ0n) is 18.7. The SMILES string of the molecule is COP(=O)(COc1cc(Br)c(Oc2ccc(O)c(C(C)C)c2)c(Br)c1)OCOC(=O)OC(C)Cl. The molecule has 2 unspecified atom stereocenters. The van der Waals surface area contributed by atoms with Gasteiger partial charge in [-0.05, 0) is 75.0 Å². The summed E-state index contributed by atoms with van der Waals surface area (Å²) in [6.07, 6.45) is -1.54. The number of hydrogen-bond donors (Lipinski definition) is 1. The van der Waals surface area contributed by atoms with Crippen LogP contribution in [0.25, 0.3) is 0 Å². The van der Waals surface area contributed by atoms with E-state index in [-0.39, 0.29) is 11.7 Å². The van der Waals surface area contributed by atoms with Crippen LogP contribution in [0.5, 0.6) is 23.0 Å². The van der Waals surface area contributed by atoms with Crippen molar-refractivity contribution in [1.82, 2.24) is 0 Å². The monoisotopic (exact) mass is 644 g/mol. The molecule has 34 heavy (non-hydrogen) atoms. The Kier molecular flexibility index (Phi) is 11.0. The summed E-state index contributed by atoms with van der Waals surface area (Å²) < 4.78 is 44.4. The number of benzene rings is 2. The first-order valence-corrected chi connectivity index (χ1v) is 13.6. The molecule has 0 amide bonds. The van der Waals surface area contributed by atoms with Crippen LogP contribution < -0.4 is 9.47 Å². The summed E-state index contributed by atoms with van der Waals surface area (Å²) in [5.74, 6) is 1.65. The van der Waals surface area contributed by atoms with Gasteiger partial charge in [0.2, 0.25) is 6.79 Å². The second-order valence-corrected chi connectivity index (χ2v) is 11.5. The van der Waals surface area contributed by atoms with Crippen LogP contribution in [0, 0.1) is 0 Å². The molecule has 2 rings (SSSR count). The lowest BCUT2D eigenvalue weighted by Crippen LogP contribution is -2.14. The lowest BCUT2D eigenvalue weighted by Gasteiger charge is -2.18. The molecular weight excluding hydrogens is 622 g/mol. The Morgan fingerprint density at radius 3 is 2.32 bits per heavy atom. The number of phenols is 1. The highest BCUT2D eigenvalue weighted by molar-refractivity contribution is 9.11. The van der Waals surface area contributed by atoms with E-state index in [2.05, 4.69) is 41.3 Å². The molecule has 0 aliphatic carbocycles. The molecule has 0 heterocycles. The molecule has 0 aliphatic rings. The summed E-state index contributed by atoms with van der Waals surface area (Å²) in [4.78, 5) is 11.3. The summed E-state index contributed by atoms with van der Waals surface area (Å²) >= 11 is 12.4. The van der Waals surface area contributed by atoms with E-state index in [4.69, 9.17) is 30.1 Å². The molecular formula is C21H24Br2ClO9P. The van der Waals surface area contributed by atoms with Gasteiger partial charge in [0.25, 0.3) is 0 Å². The van der Waals surface area contributed by atoms with Crippen LogP contribution in [0.1, 0.15) is 32.3 Å². The normalized spacial score (nSPS) is 13.8. The number of alkyl halides is 1. The van der Waals surface area contributed by atoms with Gasteiger partial charge in [-0.2, -0.15) is 0 Å². The van der Waals surface area contributed by atoms with Gasteiger partial charge in [0.1, 0.15) is 17.2 Å². The van der Waals surface area contributed by atoms with Crippen molar-refractivity contribution in [2.75, 3.05) is 20.3 Å². The lowest BCUT2D eigenvalue weighted by molar-refractivity contribution is -0.00459. The average Bonchev–Trinajstić information content (AvgIpc) is 2.75. The lowest BCUT2D eigenvalue weighted by atomic mass is 10.0. The molecule has 0 radical (unpaired) electrons. The van der Waals surface area contributed by atoms with Gasteiger partial charge in [0.15, 0.2) is 17.7 Å². The van der Waals surface area contributed by atoms with Gasteiger partial charge in [-0.3, -0.25) is 9.09 Å². The fourth-order valence-corrected chi connectivity index (χ4v) is 4.70. The smallest absolute Gasteiger partial charge is 0.508 e. The van der Waals surface area contributed by atoms with Gasteiger partial charge in [0.05, 0.1) is 8.95 Å². The maximum Gasteiger partial charge on any atom is 0.511 e. The highest BCUT2D eigenvalue weighted by Crippen LogP contribution is 2.48. The molecule has 9 nitrogen and oxygen atoms in total. The van der Waals surface area contributed by atoms with Crippen molar-refractivity contribution in [2.24, 2.45) is 0 Å². The van der Waals surface area contributed by atoms with Crippen molar-refractivity contribution in [3.8, 4) is 23.0 Å². The third-order valence-corrected chi connectivity index (χ3v) is 6.93. The van der Waals surface area contributed by atoms with Crippen LogP contribution in [-0.2, 0) is 23.1 Å². The summed E-state index contributed by atoms with van der Waals surface area (Å²) in [5, 5.41) is 10.0. The quantitative estimate of drug-likeness (QED) is 0.114. The second kappa shape index (κ2) is 13.0. The van der Waals surface area contributed by atoms with E-state index in [0.717, 1.165) is 5.56 Å². The number of carbonyl (C=O) groups excluding carboxylic acids is 1. The van der Waals surface area contributed by atoms with E-state index < -0.39 is 32.5 Å². The Morgan fingerprint density at radius 2 is 1.76 bits per heavy atom. The Hall–Kier alpha value is -1.49. The Balaban J connectivity index is 2.04. The molecule has 0 bridgehead atoms. The highest BCUT2D eigenvalue weighted by atomic mass is 79.9. The van der Waals surface area contributed by atoms with Gasteiger partial charge in [-0.1, -0.05) is 25.4 Å². The van der Waals surface area contributed by atoms with Crippen LogP contribution in [0.3, 0.4) is 0 Å². The maximum atomic E-state index is 12.7. The molecule has 2 atom stereocenters. The number of ether oxygens (including phenoxy) is 4. The van der Waals surface area contributed by atoms with Gasteiger partial charge in [0, 0.05) is 12.7 Å². The number of hydrogen-bond acceptors (Lipinski definition) is 9. The molecule has 0 saturated carbocycles. The van der Waals surface area contributed by atoms with Crippen molar-refractivity contribution in [3.63, 3.8) is 0 Å². The predicted molar refractivity (Wildman–Crippen MR) is 133 cm³/mol. The van der Waals surface area contributed by atoms with Crippen molar-refractivity contribution < 1.29 is 42.5 Å². The number of rotatable bonds is 11. The molecule has 0 aromatic heterocycles. The fraction of sp³-hybridized carbons (Fsp3) is 0.381. The van der Waals surface area contributed by atoms with Crippen LogP contribution in [0.4, 0.5) is 4.79 Å². The number of carbonyl (C=O) groups is 1. The Morgan fingerprint density at radius 1 is 1.12 bits per heavy atom. The van der Waals surface area contributed by atoms with Crippen LogP contribution in [0.2, 0.25) is 0 Å². The maximum absolute atomic E-state index is 12.7. The molecule has 188 valence electrons. The zero-order valence-corrected chi connectivity index (χ0v) is 23.6. The van der Waals surface area contributed by atoms with E-state index >= 15 is 0 Å². The van der Waals surface area contributed by atoms with Gasteiger partial charge < -0.3 is 28.6 Å². The van der Waals surface area contributed by atoms with Crippen LogP contribution >= 0.6 is 51.1 Å². The molecule has 2 aromatic carbocycles. The molecule has 0 aliphatic heterocycles.